The molecule has 1 heterocycles. The third kappa shape index (κ3) is 3.40. The maximum absolute atomic E-state index is 6.11. The molecule has 0 amide bonds. The molecule has 0 atom stereocenters. The van der Waals surface area contributed by atoms with Crippen LogP contribution in [0.4, 0.5) is 5.69 Å². The number of pyridine rings is 1. The average Bonchev–Trinajstić information content (AvgIpc) is 2.30. The molecule has 0 aliphatic rings. The smallest absolute Gasteiger partial charge is 0.154 e. The van der Waals surface area contributed by atoms with E-state index in [2.05, 4.69) is 42.3 Å². The topological polar surface area (TPSA) is 24.9 Å². The van der Waals surface area contributed by atoms with E-state index in [1.807, 2.05) is 6.92 Å². The SMILES string of the molecule is Cc1ccc(CNc2c(C)cc(Cl)nc2Cl)c(C)c1. The lowest BCUT2D eigenvalue weighted by atomic mass is 10.1. The summed E-state index contributed by atoms with van der Waals surface area (Å²) in [5.74, 6) is 0. The van der Waals surface area contributed by atoms with Gasteiger partial charge >= 0.3 is 0 Å². The molecular weight excluding hydrogens is 279 g/mol. The number of hydrogen-bond donors (Lipinski definition) is 1. The van der Waals surface area contributed by atoms with Gasteiger partial charge in [0.15, 0.2) is 5.15 Å². The molecule has 0 aliphatic carbocycles. The van der Waals surface area contributed by atoms with Gasteiger partial charge in [-0.05, 0) is 43.5 Å². The monoisotopic (exact) mass is 294 g/mol. The number of rotatable bonds is 3. The van der Waals surface area contributed by atoms with E-state index in [1.54, 1.807) is 6.07 Å². The summed E-state index contributed by atoms with van der Waals surface area (Å²) >= 11 is 12.0. The van der Waals surface area contributed by atoms with Crippen LogP contribution in [0, 0.1) is 20.8 Å². The first-order valence-corrected chi connectivity index (χ1v) is 6.85. The van der Waals surface area contributed by atoms with Gasteiger partial charge in [0.05, 0.1) is 5.69 Å². The standard InChI is InChI=1S/C15H16Cl2N2/c1-9-4-5-12(10(2)6-9)8-18-14-11(3)7-13(16)19-15(14)17/h4-7,18H,8H2,1-3H3. The molecule has 0 fully saturated rings. The van der Waals surface area contributed by atoms with Crippen molar-refractivity contribution in [3.63, 3.8) is 0 Å². The first-order chi connectivity index (χ1) is 8.97. The summed E-state index contributed by atoms with van der Waals surface area (Å²) < 4.78 is 0. The van der Waals surface area contributed by atoms with Crippen LogP contribution in [0.3, 0.4) is 0 Å². The maximum atomic E-state index is 6.11. The van der Waals surface area contributed by atoms with Gasteiger partial charge in [-0.1, -0.05) is 47.0 Å². The summed E-state index contributed by atoms with van der Waals surface area (Å²) in [4.78, 5) is 4.05. The molecule has 0 radical (unpaired) electrons. The largest absolute Gasteiger partial charge is 0.378 e. The number of hydrogen-bond acceptors (Lipinski definition) is 2. The number of benzene rings is 1. The second kappa shape index (κ2) is 5.81. The Bertz CT molecular complexity index is 586. The molecule has 19 heavy (non-hydrogen) atoms. The van der Waals surface area contributed by atoms with Crippen molar-refractivity contribution in [2.75, 3.05) is 5.32 Å². The highest BCUT2D eigenvalue weighted by Gasteiger charge is 2.08. The van der Waals surface area contributed by atoms with Crippen molar-refractivity contribution in [1.29, 1.82) is 0 Å². The minimum atomic E-state index is 0.412. The van der Waals surface area contributed by atoms with Gasteiger partial charge in [-0.25, -0.2) is 4.98 Å². The predicted octanol–water partition coefficient (Wildman–Crippen LogP) is 4.93. The van der Waals surface area contributed by atoms with E-state index in [-0.39, 0.29) is 0 Å². The molecule has 1 aromatic carbocycles. The number of nitrogens with zero attached hydrogens (tertiary/aromatic N) is 1. The molecule has 0 bridgehead atoms. The Kier molecular flexibility index (Phi) is 4.33. The quantitative estimate of drug-likeness (QED) is 0.812. The normalized spacial score (nSPS) is 10.6. The summed E-state index contributed by atoms with van der Waals surface area (Å²) in [5.41, 5.74) is 5.61. The van der Waals surface area contributed by atoms with Crippen LogP contribution in [-0.2, 0) is 6.54 Å². The summed E-state index contributed by atoms with van der Waals surface area (Å²) in [6.07, 6.45) is 0. The van der Waals surface area contributed by atoms with Crippen molar-refractivity contribution >= 4 is 28.9 Å². The average molecular weight is 295 g/mol. The number of anilines is 1. The molecule has 100 valence electrons. The Labute approximate surface area is 123 Å². The first kappa shape index (κ1) is 14.2. The Balaban J connectivity index is 2.19. The van der Waals surface area contributed by atoms with E-state index in [4.69, 9.17) is 23.2 Å². The van der Waals surface area contributed by atoms with E-state index < -0.39 is 0 Å². The fraction of sp³-hybridized carbons (Fsp3) is 0.267. The minimum absolute atomic E-state index is 0.412. The molecule has 0 unspecified atom stereocenters. The molecule has 2 aromatic rings. The molecule has 0 saturated carbocycles. The predicted molar refractivity (Wildman–Crippen MR) is 82.2 cm³/mol. The summed E-state index contributed by atoms with van der Waals surface area (Å²) in [5, 5.41) is 4.16. The van der Waals surface area contributed by atoms with Gasteiger partial charge in [-0.15, -0.1) is 0 Å². The van der Waals surface area contributed by atoms with E-state index in [9.17, 15) is 0 Å². The van der Waals surface area contributed by atoms with Gasteiger partial charge in [0.2, 0.25) is 0 Å². The fourth-order valence-electron chi connectivity index (χ4n) is 2.04. The fourth-order valence-corrected chi connectivity index (χ4v) is 2.63. The van der Waals surface area contributed by atoms with Gasteiger partial charge in [-0.2, -0.15) is 0 Å². The third-order valence-electron chi connectivity index (χ3n) is 3.09. The van der Waals surface area contributed by atoms with Crippen LogP contribution in [0.25, 0.3) is 0 Å². The number of nitrogens with one attached hydrogen (secondary N) is 1. The van der Waals surface area contributed by atoms with Gasteiger partial charge < -0.3 is 5.32 Å². The van der Waals surface area contributed by atoms with Gasteiger partial charge in [-0.3, -0.25) is 0 Å². The van der Waals surface area contributed by atoms with E-state index >= 15 is 0 Å². The summed E-state index contributed by atoms with van der Waals surface area (Å²) in [6.45, 7) is 6.88. The summed E-state index contributed by atoms with van der Waals surface area (Å²) in [6, 6.07) is 8.21. The number of halogens is 2. The van der Waals surface area contributed by atoms with E-state index in [0.717, 1.165) is 17.8 Å². The zero-order valence-electron chi connectivity index (χ0n) is 11.2. The van der Waals surface area contributed by atoms with Crippen LogP contribution in [-0.4, -0.2) is 4.98 Å². The molecule has 2 nitrogen and oxygen atoms in total. The van der Waals surface area contributed by atoms with Gasteiger partial charge in [0.1, 0.15) is 5.15 Å². The second-order valence-corrected chi connectivity index (χ2v) is 5.46. The van der Waals surface area contributed by atoms with Crippen molar-refractivity contribution in [2.45, 2.75) is 27.3 Å². The van der Waals surface area contributed by atoms with Crippen molar-refractivity contribution in [1.82, 2.24) is 4.98 Å². The molecule has 0 saturated heterocycles. The summed E-state index contributed by atoms with van der Waals surface area (Å²) in [7, 11) is 0. The van der Waals surface area contributed by atoms with Crippen LogP contribution >= 0.6 is 23.2 Å². The molecule has 0 spiro atoms. The molecule has 2 rings (SSSR count). The van der Waals surface area contributed by atoms with Crippen molar-refractivity contribution in [3.8, 4) is 0 Å². The van der Waals surface area contributed by atoms with Crippen LogP contribution in [0.5, 0.6) is 0 Å². The highest BCUT2D eigenvalue weighted by atomic mass is 35.5. The maximum Gasteiger partial charge on any atom is 0.154 e. The molecule has 1 N–H and O–H groups in total. The Morgan fingerprint density at radius 1 is 1.05 bits per heavy atom. The molecule has 4 heteroatoms. The Hall–Kier alpha value is -1.25. The van der Waals surface area contributed by atoms with E-state index in [1.165, 1.54) is 16.7 Å². The van der Waals surface area contributed by atoms with E-state index in [0.29, 0.717) is 10.3 Å². The van der Waals surface area contributed by atoms with Crippen molar-refractivity contribution in [3.05, 3.63) is 56.8 Å². The highest BCUT2D eigenvalue weighted by Crippen LogP contribution is 2.27. The van der Waals surface area contributed by atoms with Crippen LogP contribution in [0.15, 0.2) is 24.3 Å². The Morgan fingerprint density at radius 3 is 2.42 bits per heavy atom. The highest BCUT2D eigenvalue weighted by molar-refractivity contribution is 6.34. The molecular formula is C15H16Cl2N2. The molecule has 0 aliphatic heterocycles. The van der Waals surface area contributed by atoms with Crippen LogP contribution < -0.4 is 5.32 Å². The lowest BCUT2D eigenvalue weighted by Crippen LogP contribution is -2.04. The zero-order valence-corrected chi connectivity index (χ0v) is 12.7. The van der Waals surface area contributed by atoms with Crippen molar-refractivity contribution in [2.24, 2.45) is 0 Å². The second-order valence-electron chi connectivity index (χ2n) is 4.71. The molecule has 1 aromatic heterocycles. The van der Waals surface area contributed by atoms with Crippen LogP contribution in [0.2, 0.25) is 10.3 Å². The first-order valence-electron chi connectivity index (χ1n) is 6.10. The van der Waals surface area contributed by atoms with Crippen LogP contribution in [0.1, 0.15) is 22.3 Å². The zero-order chi connectivity index (χ0) is 14.0. The van der Waals surface area contributed by atoms with Gasteiger partial charge in [0, 0.05) is 6.54 Å². The lowest BCUT2D eigenvalue weighted by Gasteiger charge is -2.13. The van der Waals surface area contributed by atoms with Gasteiger partial charge in [0.25, 0.3) is 0 Å². The minimum Gasteiger partial charge on any atom is -0.378 e. The number of aromatic nitrogens is 1. The lowest BCUT2D eigenvalue weighted by molar-refractivity contribution is 1.10. The Morgan fingerprint density at radius 2 is 1.79 bits per heavy atom. The number of aryl methyl sites for hydroxylation is 3. The van der Waals surface area contributed by atoms with Crippen molar-refractivity contribution < 1.29 is 0 Å². The third-order valence-corrected chi connectivity index (χ3v) is 3.56.